The van der Waals surface area contributed by atoms with E-state index >= 15 is 0 Å². The van der Waals surface area contributed by atoms with E-state index in [2.05, 4.69) is 37.2 Å². The van der Waals surface area contributed by atoms with E-state index in [1.54, 1.807) is 6.07 Å². The second-order valence-corrected chi connectivity index (χ2v) is 6.00. The van der Waals surface area contributed by atoms with E-state index < -0.39 is 16.6 Å². The van der Waals surface area contributed by atoms with E-state index in [4.69, 9.17) is 0 Å². The number of nitro benzene ring substituents is 1. The summed E-state index contributed by atoms with van der Waals surface area (Å²) in [5.74, 6) is -1.49. The third-order valence-electron chi connectivity index (χ3n) is 2.63. The third kappa shape index (κ3) is 3.98. The zero-order chi connectivity index (χ0) is 15.6. The van der Waals surface area contributed by atoms with Gasteiger partial charge in [0.05, 0.1) is 4.92 Å². The van der Waals surface area contributed by atoms with Gasteiger partial charge in [0.25, 0.3) is 5.69 Å². The van der Waals surface area contributed by atoms with Gasteiger partial charge >= 0.3 is 0 Å². The lowest BCUT2D eigenvalue weighted by molar-refractivity contribution is -0.385. The van der Waals surface area contributed by atoms with Crippen molar-refractivity contribution in [1.29, 1.82) is 0 Å². The lowest BCUT2D eigenvalue weighted by Gasteiger charge is -2.09. The molecule has 0 saturated carbocycles. The quantitative estimate of drug-likeness (QED) is 0.557. The average molecular weight is 422 g/mol. The minimum atomic E-state index is -0.744. The first-order chi connectivity index (χ1) is 9.86. The maximum Gasteiger partial charge on any atom is 0.270 e. The van der Waals surface area contributed by atoms with Crippen LogP contribution in [0.2, 0.25) is 0 Å². The molecular weight excluding hydrogens is 414 g/mol. The molecule has 0 amide bonds. The highest BCUT2D eigenvalue weighted by Crippen LogP contribution is 2.26. The summed E-state index contributed by atoms with van der Waals surface area (Å²) in [7, 11) is 0. The van der Waals surface area contributed by atoms with Gasteiger partial charge in [-0.1, -0.05) is 31.9 Å². The fraction of sp³-hybridized carbons (Fsp3) is 0.0769. The Hall–Kier alpha value is -1.54. The first-order valence-electron chi connectivity index (χ1n) is 5.69. The van der Waals surface area contributed by atoms with Gasteiger partial charge in [-0.15, -0.1) is 0 Å². The molecule has 4 nitrogen and oxygen atoms in total. The van der Waals surface area contributed by atoms with Crippen LogP contribution in [0, 0.1) is 21.7 Å². The lowest BCUT2D eigenvalue weighted by Crippen LogP contribution is -2.04. The molecule has 8 heteroatoms. The Morgan fingerprint density at radius 3 is 2.19 bits per heavy atom. The molecule has 0 spiro atoms. The lowest BCUT2D eigenvalue weighted by atomic mass is 10.2. The van der Waals surface area contributed by atoms with Gasteiger partial charge in [-0.2, -0.15) is 0 Å². The van der Waals surface area contributed by atoms with Crippen LogP contribution in [0.3, 0.4) is 0 Å². The van der Waals surface area contributed by atoms with Crippen LogP contribution < -0.4 is 5.32 Å². The summed E-state index contributed by atoms with van der Waals surface area (Å²) in [4.78, 5) is 10.2. The molecule has 0 aromatic heterocycles. The molecule has 0 fully saturated rings. The van der Waals surface area contributed by atoms with Crippen molar-refractivity contribution in [2.45, 2.75) is 6.54 Å². The molecule has 1 N–H and O–H groups in total. The van der Waals surface area contributed by atoms with Gasteiger partial charge in [-0.3, -0.25) is 10.1 Å². The highest BCUT2D eigenvalue weighted by Gasteiger charge is 2.12. The molecule has 0 saturated heterocycles. The van der Waals surface area contributed by atoms with Crippen LogP contribution in [0.25, 0.3) is 0 Å². The van der Waals surface area contributed by atoms with Crippen molar-refractivity contribution in [3.05, 3.63) is 66.6 Å². The standard InChI is InChI=1S/C13H8Br2F2N2O2/c14-8-1-7(2-10(3-8)19(20)21)6-18-13-11(16)4-9(15)5-12(13)17/h1-5,18H,6H2. The van der Waals surface area contributed by atoms with Gasteiger partial charge in [0.1, 0.15) is 17.3 Å². The fourth-order valence-corrected chi connectivity index (χ4v) is 2.67. The molecule has 0 aliphatic rings. The Labute approximate surface area is 135 Å². The van der Waals surface area contributed by atoms with Crippen LogP contribution in [0.5, 0.6) is 0 Å². The van der Waals surface area contributed by atoms with Gasteiger partial charge in [0, 0.05) is 27.6 Å². The predicted octanol–water partition coefficient (Wildman–Crippen LogP) is 5.01. The van der Waals surface area contributed by atoms with E-state index in [1.165, 1.54) is 12.1 Å². The monoisotopic (exact) mass is 420 g/mol. The number of rotatable bonds is 4. The van der Waals surface area contributed by atoms with Gasteiger partial charge < -0.3 is 5.32 Å². The molecule has 0 unspecified atom stereocenters. The van der Waals surface area contributed by atoms with Gasteiger partial charge in [0.2, 0.25) is 0 Å². The van der Waals surface area contributed by atoms with E-state index in [9.17, 15) is 18.9 Å². The van der Waals surface area contributed by atoms with Crippen molar-refractivity contribution >= 4 is 43.2 Å². The summed E-state index contributed by atoms with van der Waals surface area (Å²) in [5.41, 5.74) is 0.150. The van der Waals surface area contributed by atoms with E-state index in [0.717, 1.165) is 12.1 Å². The van der Waals surface area contributed by atoms with Crippen molar-refractivity contribution in [2.24, 2.45) is 0 Å². The number of hydrogen-bond acceptors (Lipinski definition) is 3. The molecule has 0 atom stereocenters. The minimum absolute atomic E-state index is 0.0513. The fourth-order valence-electron chi connectivity index (χ4n) is 1.74. The zero-order valence-electron chi connectivity index (χ0n) is 10.4. The van der Waals surface area contributed by atoms with Crippen LogP contribution in [-0.2, 0) is 6.54 Å². The Morgan fingerprint density at radius 1 is 1.05 bits per heavy atom. The van der Waals surface area contributed by atoms with Crippen LogP contribution in [0.4, 0.5) is 20.2 Å². The molecule has 0 bridgehead atoms. The molecule has 2 aromatic carbocycles. The summed E-state index contributed by atoms with van der Waals surface area (Å²) in [5, 5.41) is 13.4. The number of hydrogen-bond donors (Lipinski definition) is 1. The summed E-state index contributed by atoms with van der Waals surface area (Å²) in [6.07, 6.45) is 0. The third-order valence-corrected chi connectivity index (χ3v) is 3.54. The first kappa shape index (κ1) is 15.8. The topological polar surface area (TPSA) is 55.2 Å². The number of halogens is 4. The smallest absolute Gasteiger partial charge is 0.270 e. The molecule has 21 heavy (non-hydrogen) atoms. The molecule has 0 heterocycles. The van der Waals surface area contributed by atoms with Gasteiger partial charge in [-0.05, 0) is 23.8 Å². The first-order valence-corrected chi connectivity index (χ1v) is 7.27. The van der Waals surface area contributed by atoms with Gasteiger partial charge in [-0.25, -0.2) is 8.78 Å². The molecular formula is C13H8Br2F2N2O2. The maximum absolute atomic E-state index is 13.7. The summed E-state index contributed by atoms with van der Waals surface area (Å²) < 4.78 is 28.1. The Bertz CT molecular complexity index is 688. The van der Waals surface area contributed by atoms with Crippen molar-refractivity contribution in [1.82, 2.24) is 0 Å². The minimum Gasteiger partial charge on any atom is -0.376 e. The van der Waals surface area contributed by atoms with Crippen LogP contribution >= 0.6 is 31.9 Å². The summed E-state index contributed by atoms with van der Waals surface area (Å²) in [6.45, 7) is 0.0513. The summed E-state index contributed by atoms with van der Waals surface area (Å²) >= 11 is 6.15. The number of nitrogens with one attached hydrogen (secondary N) is 1. The van der Waals surface area contributed by atoms with Crippen LogP contribution in [0.1, 0.15) is 5.56 Å². The van der Waals surface area contributed by atoms with Crippen molar-refractivity contribution in [3.8, 4) is 0 Å². The second kappa shape index (κ2) is 6.48. The van der Waals surface area contributed by atoms with Crippen LogP contribution in [-0.4, -0.2) is 4.92 Å². The number of benzene rings is 2. The Balaban J connectivity index is 2.23. The maximum atomic E-state index is 13.7. The molecule has 0 radical (unpaired) electrons. The Kier molecular flexibility index (Phi) is 4.89. The highest BCUT2D eigenvalue weighted by atomic mass is 79.9. The van der Waals surface area contributed by atoms with Crippen molar-refractivity contribution in [3.63, 3.8) is 0 Å². The normalized spacial score (nSPS) is 10.5. The number of nitro groups is 1. The average Bonchev–Trinajstić information content (AvgIpc) is 2.36. The van der Waals surface area contributed by atoms with Crippen LogP contribution in [0.15, 0.2) is 39.3 Å². The Morgan fingerprint density at radius 2 is 1.62 bits per heavy atom. The van der Waals surface area contributed by atoms with E-state index in [1.807, 2.05) is 0 Å². The van der Waals surface area contributed by atoms with Gasteiger partial charge in [0.15, 0.2) is 0 Å². The molecule has 2 rings (SSSR count). The number of anilines is 1. The zero-order valence-corrected chi connectivity index (χ0v) is 13.5. The SMILES string of the molecule is O=[N+]([O-])c1cc(Br)cc(CNc2c(F)cc(Br)cc2F)c1. The van der Waals surface area contributed by atoms with E-state index in [-0.39, 0.29) is 17.9 Å². The highest BCUT2D eigenvalue weighted by molar-refractivity contribution is 9.10. The largest absolute Gasteiger partial charge is 0.376 e. The molecule has 0 aliphatic heterocycles. The molecule has 2 aromatic rings. The number of nitrogens with zero attached hydrogens (tertiary/aromatic N) is 1. The predicted molar refractivity (Wildman–Crippen MR) is 82.2 cm³/mol. The molecule has 0 aliphatic carbocycles. The van der Waals surface area contributed by atoms with E-state index in [0.29, 0.717) is 14.5 Å². The number of non-ortho nitro benzene ring substituents is 1. The van der Waals surface area contributed by atoms with Crippen molar-refractivity contribution < 1.29 is 13.7 Å². The molecule has 110 valence electrons. The second-order valence-electron chi connectivity index (χ2n) is 4.17. The summed E-state index contributed by atoms with van der Waals surface area (Å²) in [6, 6.07) is 6.59. The van der Waals surface area contributed by atoms with Crippen molar-refractivity contribution in [2.75, 3.05) is 5.32 Å².